The number of rotatable bonds is 4. The highest BCUT2D eigenvalue weighted by Crippen LogP contribution is 2.21. The molecule has 114 valence electrons. The number of carboxylic acids is 1. The molecule has 1 aliphatic heterocycles. The van der Waals surface area contributed by atoms with Gasteiger partial charge in [-0.25, -0.2) is 4.79 Å². The van der Waals surface area contributed by atoms with Crippen molar-refractivity contribution >= 4 is 12.0 Å². The van der Waals surface area contributed by atoms with Crippen molar-refractivity contribution in [3.05, 3.63) is 35.9 Å². The van der Waals surface area contributed by atoms with Crippen molar-refractivity contribution in [3.8, 4) is 0 Å². The van der Waals surface area contributed by atoms with Crippen LogP contribution in [0.4, 0.5) is 4.79 Å². The average Bonchev–Trinajstić information content (AvgIpc) is 2.47. The molecule has 1 aromatic rings. The van der Waals surface area contributed by atoms with Gasteiger partial charge in [-0.3, -0.25) is 4.79 Å². The van der Waals surface area contributed by atoms with E-state index in [-0.39, 0.29) is 18.4 Å². The Morgan fingerprint density at radius 2 is 1.86 bits per heavy atom. The summed E-state index contributed by atoms with van der Waals surface area (Å²) in [5.74, 6) is -0.549. The van der Waals surface area contributed by atoms with Gasteiger partial charge in [0.2, 0.25) is 0 Å². The van der Waals surface area contributed by atoms with Gasteiger partial charge in [-0.05, 0) is 24.3 Å². The van der Waals surface area contributed by atoms with Gasteiger partial charge in [-0.1, -0.05) is 30.3 Å². The van der Waals surface area contributed by atoms with Crippen LogP contribution in [0.3, 0.4) is 0 Å². The minimum Gasteiger partial charge on any atom is -0.481 e. The van der Waals surface area contributed by atoms with Crippen LogP contribution in [0.15, 0.2) is 30.3 Å². The van der Waals surface area contributed by atoms with Crippen molar-refractivity contribution < 1.29 is 14.7 Å². The molecule has 0 aliphatic carbocycles. The highest BCUT2D eigenvalue weighted by molar-refractivity contribution is 5.74. The first-order valence-corrected chi connectivity index (χ1v) is 7.32. The lowest BCUT2D eigenvalue weighted by Gasteiger charge is -2.34. The van der Waals surface area contributed by atoms with Crippen molar-refractivity contribution in [3.63, 3.8) is 0 Å². The predicted octanol–water partition coefficient (Wildman–Crippen LogP) is 2.43. The summed E-state index contributed by atoms with van der Waals surface area (Å²) >= 11 is 0. The predicted molar refractivity (Wildman–Crippen MR) is 79.9 cm³/mol. The quantitative estimate of drug-likeness (QED) is 0.926. The Balaban J connectivity index is 1.82. The maximum Gasteiger partial charge on any atom is 0.320 e. The molecule has 2 rings (SSSR count). The van der Waals surface area contributed by atoms with Crippen LogP contribution in [0.2, 0.25) is 0 Å². The lowest BCUT2D eigenvalue weighted by atomic mass is 9.94. The number of carbonyl (C=O) groups is 2. The van der Waals surface area contributed by atoms with E-state index >= 15 is 0 Å². The molecule has 0 saturated carbocycles. The molecule has 0 bridgehead atoms. The summed E-state index contributed by atoms with van der Waals surface area (Å²) in [5, 5.41) is 8.80. The molecule has 0 atom stereocenters. The first-order valence-electron chi connectivity index (χ1n) is 7.32. The Morgan fingerprint density at radius 1 is 1.24 bits per heavy atom. The molecule has 1 fully saturated rings. The van der Waals surface area contributed by atoms with E-state index < -0.39 is 5.97 Å². The lowest BCUT2D eigenvalue weighted by molar-refractivity contribution is -0.138. The van der Waals surface area contributed by atoms with Crippen molar-refractivity contribution in [2.24, 2.45) is 5.92 Å². The zero-order valence-corrected chi connectivity index (χ0v) is 12.4. The van der Waals surface area contributed by atoms with E-state index in [9.17, 15) is 9.59 Å². The van der Waals surface area contributed by atoms with E-state index in [4.69, 9.17) is 5.11 Å². The molecule has 1 aromatic carbocycles. The van der Waals surface area contributed by atoms with Gasteiger partial charge >= 0.3 is 12.0 Å². The summed E-state index contributed by atoms with van der Waals surface area (Å²) in [6.07, 6.45) is 1.76. The molecular formula is C16H22N2O3. The largest absolute Gasteiger partial charge is 0.481 e. The number of nitrogens with zero attached hydrogens (tertiary/aromatic N) is 2. The van der Waals surface area contributed by atoms with Crippen molar-refractivity contribution in [1.29, 1.82) is 0 Å². The molecule has 1 aliphatic rings. The van der Waals surface area contributed by atoms with Crippen LogP contribution in [-0.4, -0.2) is 47.0 Å². The number of aliphatic carboxylic acids is 1. The zero-order valence-electron chi connectivity index (χ0n) is 12.4. The first kappa shape index (κ1) is 15.4. The van der Waals surface area contributed by atoms with Crippen LogP contribution < -0.4 is 0 Å². The van der Waals surface area contributed by atoms with Gasteiger partial charge in [-0.15, -0.1) is 0 Å². The van der Waals surface area contributed by atoms with Crippen LogP contribution in [0, 0.1) is 5.92 Å². The van der Waals surface area contributed by atoms with E-state index in [1.807, 2.05) is 35.2 Å². The highest BCUT2D eigenvalue weighted by atomic mass is 16.4. The Bertz CT molecular complexity index is 482. The topological polar surface area (TPSA) is 60.9 Å². The van der Waals surface area contributed by atoms with Crippen LogP contribution in [0.5, 0.6) is 0 Å². The highest BCUT2D eigenvalue weighted by Gasteiger charge is 2.25. The minimum atomic E-state index is -0.749. The summed E-state index contributed by atoms with van der Waals surface area (Å²) in [5.41, 5.74) is 1.11. The summed E-state index contributed by atoms with van der Waals surface area (Å²) < 4.78 is 0. The SMILES string of the molecule is CN(Cc1ccccc1)C(=O)N1CCC(CC(=O)O)CC1. The van der Waals surface area contributed by atoms with Crippen molar-refractivity contribution in [2.75, 3.05) is 20.1 Å². The number of hydrogen-bond acceptors (Lipinski definition) is 2. The number of urea groups is 1. The average molecular weight is 290 g/mol. The number of benzene rings is 1. The van der Waals surface area contributed by atoms with Crippen LogP contribution in [-0.2, 0) is 11.3 Å². The second-order valence-corrected chi connectivity index (χ2v) is 5.65. The molecule has 1 heterocycles. The maximum absolute atomic E-state index is 12.4. The summed E-state index contributed by atoms with van der Waals surface area (Å²) in [4.78, 5) is 26.6. The molecule has 1 saturated heterocycles. The van der Waals surface area contributed by atoms with Gasteiger partial charge in [0.05, 0.1) is 0 Å². The number of likely N-dealkylation sites (tertiary alicyclic amines) is 1. The molecule has 0 spiro atoms. The summed E-state index contributed by atoms with van der Waals surface area (Å²) in [6, 6.07) is 9.91. The zero-order chi connectivity index (χ0) is 15.2. The van der Waals surface area contributed by atoms with Gasteiger partial charge in [0.1, 0.15) is 0 Å². The Hall–Kier alpha value is -2.04. The van der Waals surface area contributed by atoms with E-state index in [0.29, 0.717) is 19.6 Å². The first-order chi connectivity index (χ1) is 10.1. The van der Waals surface area contributed by atoms with Gasteiger partial charge in [0.25, 0.3) is 0 Å². The fraction of sp³-hybridized carbons (Fsp3) is 0.500. The molecule has 1 N–H and O–H groups in total. The second-order valence-electron chi connectivity index (χ2n) is 5.65. The maximum atomic E-state index is 12.4. The standard InChI is InChI=1S/C16H22N2O3/c1-17(12-14-5-3-2-4-6-14)16(21)18-9-7-13(8-10-18)11-15(19)20/h2-6,13H,7-12H2,1H3,(H,19,20). The van der Waals surface area contributed by atoms with Crippen molar-refractivity contribution in [2.45, 2.75) is 25.8 Å². The van der Waals surface area contributed by atoms with Gasteiger partial charge < -0.3 is 14.9 Å². The summed E-state index contributed by atoms with van der Waals surface area (Å²) in [7, 11) is 1.80. The smallest absolute Gasteiger partial charge is 0.320 e. The third-order valence-electron chi connectivity index (χ3n) is 3.94. The fourth-order valence-corrected chi connectivity index (χ4v) is 2.74. The van der Waals surface area contributed by atoms with Gasteiger partial charge in [0, 0.05) is 33.1 Å². The Kier molecular flexibility index (Phi) is 5.20. The third kappa shape index (κ3) is 4.48. The lowest BCUT2D eigenvalue weighted by Crippen LogP contribution is -2.45. The summed E-state index contributed by atoms with van der Waals surface area (Å²) in [6.45, 7) is 1.89. The molecule has 0 aromatic heterocycles. The van der Waals surface area contributed by atoms with Crippen LogP contribution in [0.25, 0.3) is 0 Å². The normalized spacial score (nSPS) is 15.8. The van der Waals surface area contributed by atoms with Crippen LogP contribution in [0.1, 0.15) is 24.8 Å². The van der Waals surface area contributed by atoms with Crippen molar-refractivity contribution in [1.82, 2.24) is 9.80 Å². The van der Waals surface area contributed by atoms with E-state index in [1.165, 1.54) is 0 Å². The molecular weight excluding hydrogens is 268 g/mol. The number of amides is 2. The molecule has 5 heteroatoms. The number of hydrogen-bond donors (Lipinski definition) is 1. The third-order valence-corrected chi connectivity index (χ3v) is 3.94. The van der Waals surface area contributed by atoms with E-state index in [0.717, 1.165) is 18.4 Å². The fourth-order valence-electron chi connectivity index (χ4n) is 2.74. The number of carboxylic acid groups (broad SMARTS) is 1. The van der Waals surface area contributed by atoms with E-state index in [1.54, 1.807) is 11.9 Å². The number of carbonyl (C=O) groups excluding carboxylic acids is 1. The Labute approximate surface area is 125 Å². The Morgan fingerprint density at radius 3 is 2.43 bits per heavy atom. The molecule has 5 nitrogen and oxygen atoms in total. The number of piperidine rings is 1. The minimum absolute atomic E-state index is 0.0210. The molecule has 0 unspecified atom stereocenters. The van der Waals surface area contributed by atoms with Crippen LogP contribution >= 0.6 is 0 Å². The second kappa shape index (κ2) is 7.11. The molecule has 2 amide bonds. The van der Waals surface area contributed by atoms with Gasteiger partial charge in [-0.2, -0.15) is 0 Å². The van der Waals surface area contributed by atoms with E-state index in [2.05, 4.69) is 0 Å². The molecule has 0 radical (unpaired) electrons. The monoisotopic (exact) mass is 290 g/mol. The molecule has 21 heavy (non-hydrogen) atoms. The van der Waals surface area contributed by atoms with Gasteiger partial charge in [0.15, 0.2) is 0 Å².